The van der Waals surface area contributed by atoms with Crippen LogP contribution in [0.3, 0.4) is 0 Å². The number of nitrogen functional groups attached to an aromatic ring is 1. The molecule has 0 bridgehead atoms. The first kappa shape index (κ1) is 16.4. The van der Waals surface area contributed by atoms with Crippen molar-refractivity contribution in [2.24, 2.45) is 0 Å². The molecule has 2 N–H and O–H groups in total. The molecule has 21 heavy (non-hydrogen) atoms. The van der Waals surface area contributed by atoms with Gasteiger partial charge in [0.05, 0.1) is 27.2 Å². The molecule has 116 valence electrons. The molecule has 1 atom stereocenters. The third-order valence-corrected chi connectivity index (χ3v) is 5.95. The zero-order valence-corrected chi connectivity index (χ0v) is 13.8. The number of hydrogen-bond acceptors (Lipinski definition) is 4. The third kappa shape index (κ3) is 3.44. The van der Waals surface area contributed by atoms with E-state index >= 15 is 0 Å². The highest BCUT2D eigenvalue weighted by Gasteiger charge is 2.34. The number of halogens is 2. The second-order valence-corrected chi connectivity index (χ2v) is 8.04. The molecule has 5 nitrogen and oxygen atoms in total. The Labute approximate surface area is 133 Å². The maximum Gasteiger partial charge on any atom is 0.254 e. The minimum atomic E-state index is -3.06. The van der Waals surface area contributed by atoms with E-state index in [9.17, 15) is 13.2 Å². The molecule has 1 aromatic carbocycles. The highest BCUT2D eigenvalue weighted by molar-refractivity contribution is 7.91. The molecule has 0 saturated carbocycles. The molecule has 1 aliphatic rings. The van der Waals surface area contributed by atoms with E-state index in [0.29, 0.717) is 18.5 Å². The standard InChI is InChI=1S/C13H16Cl2N2O3S/c1-2-17(9-3-4-21(19,20)7-9)13(18)8-5-10(14)12(16)11(15)6-8/h5-6,9H,2-4,7,16H2,1H3. The van der Waals surface area contributed by atoms with Gasteiger partial charge in [-0.3, -0.25) is 4.79 Å². The van der Waals surface area contributed by atoms with Crippen LogP contribution in [0.2, 0.25) is 10.0 Å². The predicted molar refractivity (Wildman–Crippen MR) is 84.6 cm³/mol. The van der Waals surface area contributed by atoms with Crippen LogP contribution in [0.25, 0.3) is 0 Å². The van der Waals surface area contributed by atoms with Crippen molar-refractivity contribution < 1.29 is 13.2 Å². The lowest BCUT2D eigenvalue weighted by molar-refractivity contribution is 0.0708. The van der Waals surface area contributed by atoms with Gasteiger partial charge in [0, 0.05) is 18.2 Å². The molecular weight excluding hydrogens is 335 g/mol. The van der Waals surface area contributed by atoms with Gasteiger partial charge >= 0.3 is 0 Å². The zero-order chi connectivity index (χ0) is 15.8. The fourth-order valence-corrected chi connectivity index (χ4v) is 4.68. The van der Waals surface area contributed by atoms with Crippen LogP contribution in [-0.2, 0) is 9.84 Å². The number of anilines is 1. The van der Waals surface area contributed by atoms with E-state index in [2.05, 4.69) is 0 Å². The van der Waals surface area contributed by atoms with Crippen molar-refractivity contribution in [1.29, 1.82) is 0 Å². The zero-order valence-electron chi connectivity index (χ0n) is 11.5. The van der Waals surface area contributed by atoms with E-state index in [4.69, 9.17) is 28.9 Å². The summed E-state index contributed by atoms with van der Waals surface area (Å²) in [5, 5.41) is 0.418. The third-order valence-electron chi connectivity index (χ3n) is 3.58. The summed E-state index contributed by atoms with van der Waals surface area (Å²) in [5.74, 6) is -0.170. The van der Waals surface area contributed by atoms with Crippen LogP contribution in [0.5, 0.6) is 0 Å². The van der Waals surface area contributed by atoms with Gasteiger partial charge in [-0.05, 0) is 25.5 Å². The Bertz CT molecular complexity index is 653. The van der Waals surface area contributed by atoms with Crippen molar-refractivity contribution in [3.8, 4) is 0 Å². The number of benzene rings is 1. The van der Waals surface area contributed by atoms with E-state index in [1.165, 1.54) is 12.1 Å². The fourth-order valence-electron chi connectivity index (χ4n) is 2.46. The first-order chi connectivity index (χ1) is 9.75. The largest absolute Gasteiger partial charge is 0.396 e. The second kappa shape index (κ2) is 6.02. The number of nitrogens with zero attached hydrogens (tertiary/aromatic N) is 1. The van der Waals surface area contributed by atoms with Crippen molar-refractivity contribution in [2.45, 2.75) is 19.4 Å². The van der Waals surface area contributed by atoms with Crippen molar-refractivity contribution in [1.82, 2.24) is 4.90 Å². The molecule has 1 unspecified atom stereocenters. The molecule has 2 rings (SSSR count). The molecular formula is C13H16Cl2N2O3S. The van der Waals surface area contributed by atoms with Crippen LogP contribution in [0.15, 0.2) is 12.1 Å². The van der Waals surface area contributed by atoms with Gasteiger partial charge in [-0.25, -0.2) is 8.42 Å². The van der Waals surface area contributed by atoms with Gasteiger partial charge in [0.1, 0.15) is 0 Å². The number of amides is 1. The lowest BCUT2D eigenvalue weighted by Crippen LogP contribution is -2.41. The summed E-state index contributed by atoms with van der Waals surface area (Å²) in [6.07, 6.45) is 0.457. The minimum Gasteiger partial charge on any atom is -0.396 e. The molecule has 1 fully saturated rings. The van der Waals surface area contributed by atoms with Gasteiger partial charge < -0.3 is 10.6 Å². The van der Waals surface area contributed by atoms with Crippen LogP contribution >= 0.6 is 23.2 Å². The van der Waals surface area contributed by atoms with E-state index in [-0.39, 0.29) is 39.2 Å². The normalized spacial score (nSPS) is 20.4. The molecule has 1 aliphatic heterocycles. The quantitative estimate of drug-likeness (QED) is 0.847. The Kier molecular flexibility index (Phi) is 4.70. The topological polar surface area (TPSA) is 80.5 Å². The number of sulfone groups is 1. The molecule has 0 spiro atoms. The van der Waals surface area contributed by atoms with Crippen LogP contribution in [0.1, 0.15) is 23.7 Å². The summed E-state index contributed by atoms with van der Waals surface area (Å²) >= 11 is 11.9. The number of carbonyl (C=O) groups is 1. The second-order valence-electron chi connectivity index (χ2n) is 5.00. The van der Waals surface area contributed by atoms with Gasteiger partial charge in [0.25, 0.3) is 5.91 Å². The van der Waals surface area contributed by atoms with Crippen molar-refractivity contribution in [3.63, 3.8) is 0 Å². The first-order valence-electron chi connectivity index (χ1n) is 6.51. The van der Waals surface area contributed by atoms with E-state index < -0.39 is 9.84 Å². The average molecular weight is 351 g/mol. The Morgan fingerprint density at radius 1 is 1.38 bits per heavy atom. The highest BCUT2D eigenvalue weighted by atomic mass is 35.5. The Hall–Kier alpha value is -0.980. The SMILES string of the molecule is CCN(C(=O)c1cc(Cl)c(N)c(Cl)c1)C1CCS(=O)(=O)C1. The van der Waals surface area contributed by atoms with Gasteiger partial charge in [-0.1, -0.05) is 23.2 Å². The van der Waals surface area contributed by atoms with Gasteiger partial charge in [0.15, 0.2) is 9.84 Å². The van der Waals surface area contributed by atoms with E-state index in [1.807, 2.05) is 6.92 Å². The van der Waals surface area contributed by atoms with Gasteiger partial charge in [0.2, 0.25) is 0 Å². The van der Waals surface area contributed by atoms with Crippen LogP contribution in [0.4, 0.5) is 5.69 Å². The number of carbonyl (C=O) groups excluding carboxylic acids is 1. The molecule has 0 radical (unpaired) electrons. The monoisotopic (exact) mass is 350 g/mol. The average Bonchev–Trinajstić information content (AvgIpc) is 2.76. The van der Waals surface area contributed by atoms with Gasteiger partial charge in [-0.2, -0.15) is 0 Å². The predicted octanol–water partition coefficient (Wildman–Crippen LogP) is 2.22. The lowest BCUT2D eigenvalue weighted by atomic mass is 10.1. The lowest BCUT2D eigenvalue weighted by Gasteiger charge is -2.27. The van der Waals surface area contributed by atoms with Crippen molar-refractivity contribution in [3.05, 3.63) is 27.7 Å². The molecule has 1 heterocycles. The molecule has 8 heteroatoms. The van der Waals surface area contributed by atoms with E-state index in [0.717, 1.165) is 0 Å². The Balaban J connectivity index is 2.29. The maximum absolute atomic E-state index is 12.6. The number of nitrogens with two attached hydrogens (primary N) is 1. The number of rotatable bonds is 3. The summed E-state index contributed by atoms with van der Waals surface area (Å²) in [4.78, 5) is 14.1. The smallest absolute Gasteiger partial charge is 0.254 e. The summed E-state index contributed by atoms with van der Waals surface area (Å²) < 4.78 is 23.2. The summed E-state index contributed by atoms with van der Waals surface area (Å²) in [6.45, 7) is 2.22. The van der Waals surface area contributed by atoms with Crippen LogP contribution in [-0.4, -0.2) is 43.3 Å². The van der Waals surface area contributed by atoms with Crippen LogP contribution < -0.4 is 5.73 Å². The summed E-state index contributed by atoms with van der Waals surface area (Å²) in [7, 11) is -3.06. The summed E-state index contributed by atoms with van der Waals surface area (Å²) in [5.41, 5.74) is 6.18. The molecule has 0 aliphatic carbocycles. The Morgan fingerprint density at radius 3 is 2.38 bits per heavy atom. The van der Waals surface area contributed by atoms with Gasteiger partial charge in [-0.15, -0.1) is 0 Å². The Morgan fingerprint density at radius 2 is 1.95 bits per heavy atom. The van der Waals surface area contributed by atoms with Crippen molar-refractivity contribution in [2.75, 3.05) is 23.8 Å². The molecule has 1 amide bonds. The maximum atomic E-state index is 12.6. The molecule has 0 aromatic heterocycles. The fraction of sp³-hybridized carbons (Fsp3) is 0.462. The molecule has 1 saturated heterocycles. The summed E-state index contributed by atoms with van der Waals surface area (Å²) in [6, 6.07) is 2.61. The van der Waals surface area contributed by atoms with E-state index in [1.54, 1.807) is 4.90 Å². The van der Waals surface area contributed by atoms with Crippen molar-refractivity contribution >= 4 is 44.6 Å². The first-order valence-corrected chi connectivity index (χ1v) is 9.09. The highest BCUT2D eigenvalue weighted by Crippen LogP contribution is 2.30. The molecule has 1 aromatic rings. The minimum absolute atomic E-state index is 0.00299. The number of hydrogen-bond donors (Lipinski definition) is 1. The van der Waals surface area contributed by atoms with Crippen LogP contribution in [0, 0.1) is 0 Å².